The Kier molecular flexibility index (Phi) is 5.77. The summed E-state index contributed by atoms with van der Waals surface area (Å²) in [7, 11) is -2.23. The van der Waals surface area contributed by atoms with Gasteiger partial charge in [-0.05, 0) is 30.3 Å². The van der Waals surface area contributed by atoms with Gasteiger partial charge in [-0.15, -0.1) is 0 Å². The van der Waals surface area contributed by atoms with Crippen molar-refractivity contribution in [3.63, 3.8) is 0 Å². The number of nitrogens with zero attached hydrogens (tertiary/aromatic N) is 2. The van der Waals surface area contributed by atoms with Crippen molar-refractivity contribution in [2.24, 2.45) is 0 Å². The third-order valence-corrected chi connectivity index (χ3v) is 7.20. The van der Waals surface area contributed by atoms with Crippen LogP contribution in [0.2, 0.25) is 5.02 Å². The highest BCUT2D eigenvalue weighted by Gasteiger charge is 2.32. The number of sulfonamides is 1. The molecule has 10 heteroatoms. The van der Waals surface area contributed by atoms with Crippen molar-refractivity contribution < 1.29 is 27.4 Å². The van der Waals surface area contributed by atoms with Crippen molar-refractivity contribution in [1.82, 2.24) is 9.21 Å². The SMILES string of the molecule is COc1ccc(Cl)cc1C(=O)N1CCN(S(=O)(=O)c2ccc3c(c2)OCCO3)CC1. The molecule has 0 atom stereocenters. The molecule has 0 aliphatic carbocycles. The first-order valence-electron chi connectivity index (χ1n) is 9.43. The van der Waals surface area contributed by atoms with Crippen molar-refractivity contribution in [1.29, 1.82) is 0 Å². The smallest absolute Gasteiger partial charge is 0.257 e. The Balaban J connectivity index is 1.48. The van der Waals surface area contributed by atoms with E-state index in [2.05, 4.69) is 0 Å². The summed E-state index contributed by atoms with van der Waals surface area (Å²) in [5, 5.41) is 0.430. The molecule has 0 unspecified atom stereocenters. The van der Waals surface area contributed by atoms with E-state index in [1.54, 1.807) is 29.2 Å². The van der Waals surface area contributed by atoms with Gasteiger partial charge in [0.1, 0.15) is 19.0 Å². The van der Waals surface area contributed by atoms with Crippen LogP contribution in [0.4, 0.5) is 0 Å². The number of benzene rings is 2. The number of carbonyl (C=O) groups is 1. The largest absolute Gasteiger partial charge is 0.496 e. The molecule has 0 N–H and O–H groups in total. The second-order valence-corrected chi connectivity index (χ2v) is 9.22. The molecule has 0 saturated carbocycles. The lowest BCUT2D eigenvalue weighted by molar-refractivity contribution is 0.0694. The zero-order chi connectivity index (χ0) is 21.3. The highest BCUT2D eigenvalue weighted by Crippen LogP contribution is 2.33. The van der Waals surface area contributed by atoms with Gasteiger partial charge >= 0.3 is 0 Å². The minimum absolute atomic E-state index is 0.142. The molecule has 30 heavy (non-hydrogen) atoms. The molecule has 2 aromatic rings. The molecule has 1 fully saturated rings. The topological polar surface area (TPSA) is 85.4 Å². The summed E-state index contributed by atoms with van der Waals surface area (Å²) in [6, 6.07) is 9.44. The van der Waals surface area contributed by atoms with Gasteiger partial charge in [-0.3, -0.25) is 4.79 Å². The van der Waals surface area contributed by atoms with E-state index in [0.29, 0.717) is 41.0 Å². The van der Waals surface area contributed by atoms with E-state index in [1.165, 1.54) is 23.5 Å². The summed E-state index contributed by atoms with van der Waals surface area (Å²) in [6.07, 6.45) is 0. The fraction of sp³-hybridized carbons (Fsp3) is 0.350. The minimum atomic E-state index is -3.71. The summed E-state index contributed by atoms with van der Waals surface area (Å²) in [5.41, 5.74) is 0.355. The first kappa shape index (κ1) is 20.8. The van der Waals surface area contributed by atoms with E-state index in [1.807, 2.05) is 0 Å². The number of fused-ring (bicyclic) bond motifs is 1. The standard InChI is InChI=1S/C20H21ClN2O6S/c1-27-17-4-2-14(21)12-16(17)20(24)22-6-8-23(9-7-22)30(25,26)15-3-5-18-19(13-15)29-11-10-28-18/h2-5,12-13H,6-11H2,1H3. The van der Waals surface area contributed by atoms with Crippen molar-refractivity contribution >= 4 is 27.5 Å². The molecule has 4 rings (SSSR count). The average Bonchev–Trinajstić information content (AvgIpc) is 2.78. The molecule has 0 bridgehead atoms. The van der Waals surface area contributed by atoms with Gasteiger partial charge in [-0.1, -0.05) is 11.6 Å². The van der Waals surface area contributed by atoms with Gasteiger partial charge in [0.2, 0.25) is 10.0 Å². The van der Waals surface area contributed by atoms with E-state index in [4.69, 9.17) is 25.8 Å². The van der Waals surface area contributed by atoms with Crippen molar-refractivity contribution in [2.75, 3.05) is 46.5 Å². The maximum absolute atomic E-state index is 13.1. The van der Waals surface area contributed by atoms with Crippen molar-refractivity contribution in [3.8, 4) is 17.2 Å². The predicted octanol–water partition coefficient (Wildman–Crippen LogP) is 2.27. The van der Waals surface area contributed by atoms with Crippen LogP contribution in [0.1, 0.15) is 10.4 Å². The summed E-state index contributed by atoms with van der Waals surface area (Å²) < 4.78 is 43.7. The monoisotopic (exact) mass is 452 g/mol. The molecular formula is C20H21ClN2O6S. The van der Waals surface area contributed by atoms with Gasteiger partial charge in [0, 0.05) is 37.3 Å². The molecular weight excluding hydrogens is 432 g/mol. The lowest BCUT2D eigenvalue weighted by atomic mass is 10.1. The third-order valence-electron chi connectivity index (χ3n) is 5.07. The fourth-order valence-corrected chi connectivity index (χ4v) is 5.09. The molecule has 0 radical (unpaired) electrons. The Hall–Kier alpha value is -2.49. The molecule has 0 spiro atoms. The molecule has 1 saturated heterocycles. The molecule has 2 aromatic carbocycles. The average molecular weight is 453 g/mol. The number of hydrogen-bond acceptors (Lipinski definition) is 6. The molecule has 0 aromatic heterocycles. The Morgan fingerprint density at radius 2 is 1.70 bits per heavy atom. The van der Waals surface area contributed by atoms with Crippen LogP contribution in [0.25, 0.3) is 0 Å². The summed E-state index contributed by atoms with van der Waals surface area (Å²) >= 11 is 6.03. The van der Waals surface area contributed by atoms with Crippen LogP contribution in [0.3, 0.4) is 0 Å². The lowest BCUT2D eigenvalue weighted by Crippen LogP contribution is -2.50. The van der Waals surface area contributed by atoms with Crippen LogP contribution < -0.4 is 14.2 Å². The number of methoxy groups -OCH3 is 1. The highest BCUT2D eigenvalue weighted by molar-refractivity contribution is 7.89. The first-order valence-corrected chi connectivity index (χ1v) is 11.2. The maximum atomic E-state index is 13.1. The van der Waals surface area contributed by atoms with Gasteiger partial charge in [0.15, 0.2) is 11.5 Å². The second kappa shape index (κ2) is 8.33. The number of carbonyl (C=O) groups excluding carboxylic acids is 1. The molecule has 2 aliphatic rings. The van der Waals surface area contributed by atoms with Crippen LogP contribution in [0.15, 0.2) is 41.3 Å². The normalized spacial score (nSPS) is 16.9. The van der Waals surface area contributed by atoms with Crippen LogP contribution in [-0.4, -0.2) is 70.0 Å². The van der Waals surface area contributed by atoms with Gasteiger partial charge in [-0.25, -0.2) is 8.42 Å². The van der Waals surface area contributed by atoms with E-state index in [-0.39, 0.29) is 37.0 Å². The second-order valence-electron chi connectivity index (χ2n) is 6.85. The third kappa shape index (κ3) is 3.92. The maximum Gasteiger partial charge on any atom is 0.257 e. The highest BCUT2D eigenvalue weighted by atomic mass is 35.5. The number of ether oxygens (including phenoxy) is 3. The zero-order valence-electron chi connectivity index (χ0n) is 16.3. The van der Waals surface area contributed by atoms with E-state index in [9.17, 15) is 13.2 Å². The van der Waals surface area contributed by atoms with Gasteiger partial charge in [0.05, 0.1) is 17.6 Å². The summed E-state index contributed by atoms with van der Waals surface area (Å²) in [5.74, 6) is 1.14. The number of hydrogen-bond donors (Lipinski definition) is 0. The number of halogens is 1. The van der Waals surface area contributed by atoms with Crippen LogP contribution in [-0.2, 0) is 10.0 Å². The van der Waals surface area contributed by atoms with Crippen LogP contribution in [0, 0.1) is 0 Å². The molecule has 2 heterocycles. The fourth-order valence-electron chi connectivity index (χ4n) is 3.48. The minimum Gasteiger partial charge on any atom is -0.496 e. The van der Waals surface area contributed by atoms with Crippen molar-refractivity contribution in [3.05, 3.63) is 47.0 Å². The number of rotatable bonds is 4. The Morgan fingerprint density at radius 1 is 1.00 bits per heavy atom. The molecule has 160 valence electrons. The van der Waals surface area contributed by atoms with Crippen LogP contribution in [0.5, 0.6) is 17.2 Å². The Bertz CT molecular complexity index is 1070. The summed E-state index contributed by atoms with van der Waals surface area (Å²) in [4.78, 5) is 14.7. The number of piperazine rings is 1. The van der Waals surface area contributed by atoms with Gasteiger partial charge < -0.3 is 19.1 Å². The number of amides is 1. The quantitative estimate of drug-likeness (QED) is 0.707. The van der Waals surface area contributed by atoms with E-state index < -0.39 is 10.0 Å². The first-order chi connectivity index (χ1) is 14.4. The molecule has 2 aliphatic heterocycles. The summed E-state index contributed by atoms with van der Waals surface area (Å²) in [6.45, 7) is 1.71. The van der Waals surface area contributed by atoms with E-state index in [0.717, 1.165) is 0 Å². The van der Waals surface area contributed by atoms with Gasteiger partial charge in [-0.2, -0.15) is 4.31 Å². The molecule has 8 nitrogen and oxygen atoms in total. The lowest BCUT2D eigenvalue weighted by Gasteiger charge is -2.34. The van der Waals surface area contributed by atoms with E-state index >= 15 is 0 Å². The molecule has 1 amide bonds. The Labute approximate surface area is 179 Å². The van der Waals surface area contributed by atoms with Crippen LogP contribution >= 0.6 is 11.6 Å². The predicted molar refractivity (Wildman–Crippen MR) is 110 cm³/mol. The van der Waals surface area contributed by atoms with Crippen molar-refractivity contribution in [2.45, 2.75) is 4.90 Å². The Morgan fingerprint density at radius 3 is 2.40 bits per heavy atom. The zero-order valence-corrected chi connectivity index (χ0v) is 17.9. The van der Waals surface area contributed by atoms with Gasteiger partial charge in [0.25, 0.3) is 5.91 Å².